The summed E-state index contributed by atoms with van der Waals surface area (Å²) in [6, 6.07) is 15.2. The summed E-state index contributed by atoms with van der Waals surface area (Å²) in [5.74, 6) is -17.3. The Labute approximate surface area is 618 Å². The Morgan fingerprint density at radius 3 is 1.64 bits per heavy atom. The number of benzene rings is 5. The third kappa shape index (κ3) is 22.6. The van der Waals surface area contributed by atoms with E-state index in [1.807, 2.05) is 0 Å². The van der Waals surface area contributed by atoms with Gasteiger partial charge >= 0.3 is 5.97 Å². The Balaban J connectivity index is 1.30. The Bertz CT molecular complexity index is 4410. The van der Waals surface area contributed by atoms with Gasteiger partial charge in [-0.2, -0.15) is 0 Å². The Morgan fingerprint density at radius 2 is 1.08 bits per heavy atom. The number of phenols is 2. The molecule has 5 aromatic carbocycles. The first-order chi connectivity index (χ1) is 51.4. The Kier molecular flexibility index (Phi) is 27.9. The number of aromatic hydroxyl groups is 2. The molecular weight excluding hydrogens is 1400 g/mol. The second-order valence-electron chi connectivity index (χ2n) is 26.1. The summed E-state index contributed by atoms with van der Waals surface area (Å²) in [4.78, 5) is 207. The van der Waals surface area contributed by atoms with E-state index in [1.54, 1.807) is 79.0 Å². The van der Waals surface area contributed by atoms with E-state index in [2.05, 4.69) is 67.8 Å². The number of amides is 12. The number of fused-ring (bicyclic) bond motifs is 1. The van der Waals surface area contributed by atoms with E-state index in [-0.39, 0.29) is 67.4 Å². The van der Waals surface area contributed by atoms with E-state index in [9.17, 15) is 48.9 Å². The number of guanidine groups is 1. The van der Waals surface area contributed by atoms with Gasteiger partial charge in [0.25, 0.3) is 0 Å². The number of carboxylic acids is 1. The van der Waals surface area contributed by atoms with Crippen LogP contribution in [0.2, 0.25) is 0 Å². The minimum absolute atomic E-state index is 0.00974. The molecular formula is C73H87N19O16. The molecule has 1 fully saturated rings. The lowest BCUT2D eigenvalue weighted by Gasteiger charge is -2.43. The SMILES string of the molecule is C[C@@H]1NC(=O)[C@H](CC(N)=O)NC(=O)[C@H](Cc2c[nH]c3ccccc23)NC(=O)[C@H](CCCN=C(N)N)NC(=O)[C@@H](Cc2ccccc2)NC(=O)[C@H](Cc2c[nH]cn2)NC(=O)[C@@H](NC(=O)[C@@H](N)Cc2ccc(O)cc2)CC(=O)N([C@@H](Cc2ccc(O)cc2)C(N)=O)[C@@](C)(C(=O)O)NC(=O)[C@H](Cc2ccccc2)NC1=O. The molecule has 0 saturated carbocycles. The first kappa shape index (κ1) is 80.5. The summed E-state index contributed by atoms with van der Waals surface area (Å²) < 4.78 is 0. The lowest BCUT2D eigenvalue weighted by atomic mass is 9.97. The second-order valence-corrected chi connectivity index (χ2v) is 26.1. The predicted molar refractivity (Wildman–Crippen MR) is 390 cm³/mol. The van der Waals surface area contributed by atoms with Crippen LogP contribution in [0, 0.1) is 0 Å². The number of nitrogens with one attached hydrogen (secondary N) is 11. The van der Waals surface area contributed by atoms with Crippen LogP contribution in [-0.2, 0) is 101 Å². The van der Waals surface area contributed by atoms with Crippen molar-refractivity contribution < 1.29 is 77.6 Å². The number of nitrogens with two attached hydrogens (primary N) is 5. The lowest BCUT2D eigenvalue weighted by Crippen LogP contribution is -2.72. The average molecular weight is 1490 g/mol. The number of imidazole rings is 1. The zero-order chi connectivity index (χ0) is 78.4. The van der Waals surface area contributed by atoms with Crippen molar-refractivity contribution >= 4 is 93.7 Å². The van der Waals surface area contributed by atoms with Gasteiger partial charge in [-0.15, -0.1) is 0 Å². The van der Waals surface area contributed by atoms with Gasteiger partial charge in [-0.05, 0) is 91.3 Å². The van der Waals surface area contributed by atoms with Gasteiger partial charge in [0, 0.05) is 61.9 Å². The number of para-hydroxylation sites is 1. The predicted octanol–water partition coefficient (Wildman–Crippen LogP) is -2.78. The number of rotatable bonds is 23. The maximum Gasteiger partial charge on any atom is 0.350 e. The zero-order valence-electron chi connectivity index (χ0n) is 58.9. The number of carbonyl (C=O) groups excluding carboxylic acids is 12. The fourth-order valence-electron chi connectivity index (χ4n) is 12.1. The molecule has 7 aromatic rings. The van der Waals surface area contributed by atoms with Crippen LogP contribution in [0.4, 0.5) is 0 Å². The van der Waals surface area contributed by atoms with Crippen molar-refractivity contribution in [3.8, 4) is 11.5 Å². The minimum atomic E-state index is -3.19. The highest BCUT2D eigenvalue weighted by atomic mass is 16.4. The van der Waals surface area contributed by atoms with Crippen molar-refractivity contribution in [3.63, 3.8) is 0 Å². The highest BCUT2D eigenvalue weighted by Crippen LogP contribution is 2.26. The van der Waals surface area contributed by atoms with Crippen molar-refractivity contribution in [1.82, 2.24) is 67.7 Å². The quantitative estimate of drug-likeness (QED) is 0.0175. The van der Waals surface area contributed by atoms with Crippen molar-refractivity contribution in [1.29, 1.82) is 0 Å². The van der Waals surface area contributed by atoms with Gasteiger partial charge in [0.1, 0.15) is 65.9 Å². The molecule has 12 amide bonds. The highest BCUT2D eigenvalue weighted by molar-refractivity contribution is 6.02. The summed E-state index contributed by atoms with van der Waals surface area (Å²) >= 11 is 0. The normalized spacial score (nSPS) is 21.8. The fraction of sp³-hybridized carbons (Fsp3) is 0.329. The summed E-state index contributed by atoms with van der Waals surface area (Å²) in [7, 11) is 0. The molecule has 2 aromatic heterocycles. The Morgan fingerprint density at radius 1 is 0.583 bits per heavy atom. The van der Waals surface area contributed by atoms with Gasteiger partial charge in [-0.1, -0.05) is 103 Å². The summed E-state index contributed by atoms with van der Waals surface area (Å²) in [6.45, 7) is 1.84. The summed E-state index contributed by atoms with van der Waals surface area (Å²) in [5, 5.41) is 55.1. The van der Waals surface area contributed by atoms with Gasteiger partial charge < -0.3 is 102 Å². The number of aromatic amines is 2. The third-order valence-corrected chi connectivity index (χ3v) is 17.8. The van der Waals surface area contributed by atoms with Gasteiger partial charge in [0.05, 0.1) is 30.9 Å². The molecule has 24 N–H and O–H groups in total. The molecule has 8 rings (SSSR count). The van der Waals surface area contributed by atoms with E-state index in [0.29, 0.717) is 38.1 Å². The van der Waals surface area contributed by atoms with Crippen LogP contribution in [0.25, 0.3) is 10.9 Å². The van der Waals surface area contributed by atoms with E-state index in [1.165, 1.54) is 73.2 Å². The number of aliphatic imine (C=N–C) groups is 1. The zero-order valence-corrected chi connectivity index (χ0v) is 58.9. The molecule has 0 bridgehead atoms. The van der Waals surface area contributed by atoms with Crippen LogP contribution in [0.1, 0.15) is 73.0 Å². The van der Waals surface area contributed by atoms with Crippen molar-refractivity contribution in [2.24, 2.45) is 33.7 Å². The highest BCUT2D eigenvalue weighted by Gasteiger charge is 2.51. The van der Waals surface area contributed by atoms with Crippen LogP contribution in [0.3, 0.4) is 0 Å². The lowest BCUT2D eigenvalue weighted by molar-refractivity contribution is -0.168. The van der Waals surface area contributed by atoms with Crippen LogP contribution >= 0.6 is 0 Å². The van der Waals surface area contributed by atoms with Crippen molar-refractivity contribution in [2.45, 2.75) is 144 Å². The molecule has 1 aliphatic rings. The van der Waals surface area contributed by atoms with Gasteiger partial charge in [-0.25, -0.2) is 9.78 Å². The smallest absolute Gasteiger partial charge is 0.350 e. The molecule has 0 spiro atoms. The molecule has 0 radical (unpaired) electrons. The maximum absolute atomic E-state index is 15.9. The van der Waals surface area contributed by atoms with Gasteiger partial charge in [0.15, 0.2) is 5.96 Å². The number of aromatic nitrogens is 3. The van der Waals surface area contributed by atoms with Crippen LogP contribution in [-0.4, -0.2) is 191 Å². The van der Waals surface area contributed by atoms with Crippen molar-refractivity contribution in [2.75, 3.05) is 6.54 Å². The standard InChI is InChI=1S/C73H87N19O16/c1-39-62(98)85-53(30-41-14-7-4-8-15-41)70(106)91-73(2,71(107)108)92(58(61(76)97)31-43-21-25-47(94)26-22-43)60(96)35-57(86-63(99)49(74)28-42-19-23-46(93)24-20-42)69(105)89-55(33-45-37-79-38-82-45)68(104)87-52(29-40-12-5-3-6-13-40)66(102)84-51(18-11-27-80-72(77)78)64(100)88-54(32-44-36-81-50-17-10-9-16-48(44)50)67(103)90-56(34-59(75)95)65(101)83-39/h3-10,12-17,19-26,36-39,49,51-58,81,93-94H,11,18,27-35,74H2,1-2H3,(H2,75,95)(H2,76,97)(H,79,82)(H,83,101)(H,84,102)(H,85,98)(H,86,99)(H,87,104)(H,88,100)(H,89,105)(H,90,103)(H,91,106)(H,107,108)(H4,77,78,80)/t39-,49-,51-,52+,53-,54-,55-,56-,57-,58-,73-/m0/s1. The number of aliphatic carboxylic acids is 1. The molecule has 35 nitrogen and oxygen atoms in total. The van der Waals surface area contributed by atoms with Crippen LogP contribution in [0.15, 0.2) is 157 Å². The first-order valence-corrected chi connectivity index (χ1v) is 34.3. The second kappa shape index (κ2) is 37.5. The van der Waals surface area contributed by atoms with E-state index < -0.39 is 175 Å². The number of hydrogen-bond acceptors (Lipinski definition) is 18. The van der Waals surface area contributed by atoms with Crippen LogP contribution < -0.4 is 76.5 Å². The molecule has 3 heterocycles. The number of carbonyl (C=O) groups is 13. The van der Waals surface area contributed by atoms with Crippen LogP contribution in [0.5, 0.6) is 11.5 Å². The molecule has 1 aliphatic heterocycles. The third-order valence-electron chi connectivity index (χ3n) is 17.8. The largest absolute Gasteiger partial charge is 0.508 e. The molecule has 570 valence electrons. The number of phenolic OH excluding ortho intramolecular Hbond substituents is 2. The van der Waals surface area contributed by atoms with E-state index in [4.69, 9.17) is 28.7 Å². The Hall–Kier alpha value is -13.2. The molecule has 0 aliphatic carbocycles. The number of nitrogens with zero attached hydrogens (tertiary/aromatic N) is 3. The van der Waals surface area contributed by atoms with Gasteiger partial charge in [0.2, 0.25) is 76.5 Å². The van der Waals surface area contributed by atoms with E-state index >= 15 is 28.8 Å². The average Bonchev–Trinajstić information content (AvgIpc) is 1.02. The fourth-order valence-corrected chi connectivity index (χ4v) is 12.1. The monoisotopic (exact) mass is 1490 g/mol. The first-order valence-electron chi connectivity index (χ1n) is 34.3. The number of H-pyrrole nitrogens is 2. The number of carboxylic acid groups (broad SMARTS) is 1. The summed E-state index contributed by atoms with van der Waals surface area (Å²) in [6.07, 6.45) is -0.930. The molecule has 108 heavy (non-hydrogen) atoms. The van der Waals surface area contributed by atoms with Gasteiger partial charge in [-0.3, -0.25) is 67.4 Å². The maximum atomic E-state index is 15.9. The topological polar surface area (TPSA) is 581 Å². The van der Waals surface area contributed by atoms with E-state index in [0.717, 1.165) is 13.8 Å². The molecule has 11 atom stereocenters. The molecule has 35 heteroatoms. The molecule has 1 saturated heterocycles. The minimum Gasteiger partial charge on any atom is -0.508 e. The summed E-state index contributed by atoms with van der Waals surface area (Å²) in [5.41, 5.74) is 28.9. The number of primary amides is 2. The molecule has 0 unspecified atom stereocenters. The van der Waals surface area contributed by atoms with Crippen molar-refractivity contribution in [3.05, 3.63) is 186 Å². The number of hydrogen-bond donors (Lipinski definition) is 19.